The number of imidazole rings is 1. The van der Waals surface area contributed by atoms with Gasteiger partial charge in [0.15, 0.2) is 33.1 Å². The van der Waals surface area contributed by atoms with E-state index in [0.29, 0.717) is 0 Å². The van der Waals surface area contributed by atoms with Gasteiger partial charge >= 0.3 is 12.1 Å². The van der Waals surface area contributed by atoms with Crippen LogP contribution in [0.15, 0.2) is 22.3 Å². The molecule has 0 aromatic carbocycles. The molecule has 0 amide bonds. The summed E-state index contributed by atoms with van der Waals surface area (Å²) >= 11 is 0. The maximum absolute atomic E-state index is 13.7. The molecule has 176 valence electrons. The zero-order valence-electron chi connectivity index (χ0n) is 16.6. The maximum atomic E-state index is 13.7. The molecule has 0 aliphatic carbocycles. The quantitative estimate of drug-likeness (QED) is 0.166. The number of oxime groups is 1. The largest absolute Gasteiger partial charge is 0.461 e. The van der Waals surface area contributed by atoms with Crippen molar-refractivity contribution in [2.75, 3.05) is 16.2 Å². The lowest BCUT2D eigenvalue weighted by atomic mass is 10.1. The number of nitrogens with zero attached hydrogens (tertiary/aromatic N) is 4. The van der Waals surface area contributed by atoms with Gasteiger partial charge in [0, 0.05) is 18.2 Å². The van der Waals surface area contributed by atoms with Crippen LogP contribution in [-0.4, -0.2) is 52.4 Å². The van der Waals surface area contributed by atoms with Crippen molar-refractivity contribution in [2.24, 2.45) is 10.9 Å². The van der Waals surface area contributed by atoms with E-state index in [9.17, 15) is 30.4 Å². The van der Waals surface area contributed by atoms with Crippen molar-refractivity contribution >= 4 is 27.3 Å². The average molecular weight is 483 g/mol. The first-order valence-corrected chi connectivity index (χ1v) is 10.7. The van der Waals surface area contributed by atoms with E-state index < -0.39 is 39.6 Å². The number of aromatic amines is 1. The lowest BCUT2D eigenvalue weighted by molar-refractivity contribution is -0.292. The highest BCUT2D eigenvalue weighted by Crippen LogP contribution is 2.44. The fraction of sp³-hybridized carbons (Fsp3) is 0.438. The number of pyridine rings is 1. The highest BCUT2D eigenvalue weighted by Gasteiger charge is 2.61. The molecule has 1 atom stereocenters. The molecule has 0 spiro atoms. The Morgan fingerprint density at radius 2 is 2.03 bits per heavy atom. The second-order valence-corrected chi connectivity index (χ2v) is 9.20. The van der Waals surface area contributed by atoms with E-state index in [-0.39, 0.29) is 40.0 Å². The van der Waals surface area contributed by atoms with Gasteiger partial charge in [0.25, 0.3) is 0 Å². The van der Waals surface area contributed by atoms with E-state index in [1.807, 2.05) is 4.98 Å². The number of nitrogens with two attached hydrogens (primary N) is 1. The molecule has 32 heavy (non-hydrogen) atoms. The number of nitrogens with one attached hydrogen (secondary N) is 2. The third kappa shape index (κ3) is 3.89. The third-order valence-corrected chi connectivity index (χ3v) is 6.51. The molecule has 1 unspecified atom stereocenters. The monoisotopic (exact) mass is 483 g/mol. The number of rotatable bonds is 5. The Kier molecular flexibility index (Phi) is 5.69. The van der Waals surface area contributed by atoms with E-state index in [4.69, 9.17) is 10.9 Å². The summed E-state index contributed by atoms with van der Waals surface area (Å²) in [5.41, 5.74) is 8.05. The average Bonchev–Trinajstić information content (AvgIpc) is 3.14. The molecule has 0 saturated heterocycles. The maximum Gasteiger partial charge on any atom is 0.461 e. The number of hydrogen-bond donors (Lipinski definition) is 4. The predicted molar refractivity (Wildman–Crippen MR) is 102 cm³/mol. The Bertz CT molecular complexity index is 1160. The normalized spacial score (nSPS) is 17.8. The first-order chi connectivity index (χ1) is 14.7. The van der Waals surface area contributed by atoms with Gasteiger partial charge in [0.2, 0.25) is 0 Å². The Morgan fingerprint density at radius 1 is 1.38 bits per heavy atom. The van der Waals surface area contributed by atoms with Gasteiger partial charge in [-0.05, 0) is 13.0 Å². The lowest BCUT2D eigenvalue weighted by Crippen LogP contribution is -2.44. The highest BCUT2D eigenvalue weighted by atomic mass is 32.2. The van der Waals surface area contributed by atoms with Gasteiger partial charge in [-0.15, -0.1) is 0 Å². The van der Waals surface area contributed by atoms with Gasteiger partial charge in [-0.2, -0.15) is 22.0 Å². The fourth-order valence-corrected chi connectivity index (χ4v) is 4.05. The summed E-state index contributed by atoms with van der Waals surface area (Å²) in [4.78, 5) is 9.08. The Morgan fingerprint density at radius 3 is 2.59 bits per heavy atom. The molecule has 2 aromatic heterocycles. The number of halogens is 5. The summed E-state index contributed by atoms with van der Waals surface area (Å²) in [5.74, 6) is -8.02. The summed E-state index contributed by atoms with van der Waals surface area (Å²) in [6.07, 6.45) is -4.80. The van der Waals surface area contributed by atoms with Crippen LogP contribution >= 0.6 is 0 Å². The molecule has 16 heteroatoms. The minimum Gasteiger partial charge on any atom is -0.409 e. The summed E-state index contributed by atoms with van der Waals surface area (Å²) in [6, 6.07) is 0.483. The highest BCUT2D eigenvalue weighted by molar-refractivity contribution is 7.91. The first-order valence-electron chi connectivity index (χ1n) is 9.03. The summed E-state index contributed by atoms with van der Waals surface area (Å²) < 4.78 is 90.8. The van der Waals surface area contributed by atoms with Gasteiger partial charge in [-0.25, -0.2) is 18.4 Å². The third-order valence-electron chi connectivity index (χ3n) is 4.78. The second kappa shape index (κ2) is 7.75. The van der Waals surface area contributed by atoms with Crippen LogP contribution in [0.25, 0.3) is 0 Å². The number of aromatic nitrogens is 3. The molecule has 1 aliphatic heterocycles. The van der Waals surface area contributed by atoms with Crippen molar-refractivity contribution in [1.29, 1.82) is 0 Å². The van der Waals surface area contributed by atoms with Crippen LogP contribution in [0.5, 0.6) is 0 Å². The van der Waals surface area contributed by atoms with Crippen molar-refractivity contribution in [2.45, 2.75) is 43.3 Å². The van der Waals surface area contributed by atoms with Gasteiger partial charge < -0.3 is 15.9 Å². The smallest absolute Gasteiger partial charge is 0.409 e. The van der Waals surface area contributed by atoms with Crippen molar-refractivity contribution in [3.8, 4) is 0 Å². The number of hydrazine groups is 1. The standard InChI is InChI=1S/C16H18F5N7O3S/c1-3-32(30,31)10-5-8(11(22)27-29)6-23-13(10)28-7(2)4-9-12(26-28)25-14(24-9)15(17,18)16(19,20)21/h5-7,26,29H,3-4H2,1-2H3,(H2,22,27)(H,24,25). The Labute approximate surface area is 178 Å². The minimum atomic E-state index is -5.85. The molecule has 10 nitrogen and oxygen atoms in total. The van der Waals surface area contributed by atoms with Crippen LogP contribution in [0.2, 0.25) is 0 Å². The van der Waals surface area contributed by atoms with E-state index in [1.165, 1.54) is 11.9 Å². The van der Waals surface area contributed by atoms with Crippen LogP contribution in [0.3, 0.4) is 0 Å². The molecule has 0 fully saturated rings. The summed E-state index contributed by atoms with van der Waals surface area (Å²) in [5, 5.41) is 12.8. The van der Waals surface area contributed by atoms with Crippen LogP contribution in [0.4, 0.5) is 33.6 Å². The van der Waals surface area contributed by atoms with Crippen LogP contribution in [-0.2, 0) is 22.2 Å². The van der Waals surface area contributed by atoms with Crippen molar-refractivity contribution in [3.05, 3.63) is 29.3 Å². The fourth-order valence-electron chi connectivity index (χ4n) is 3.01. The summed E-state index contributed by atoms with van der Waals surface area (Å²) in [7, 11) is -3.91. The van der Waals surface area contributed by atoms with Gasteiger partial charge in [-0.3, -0.25) is 10.4 Å². The Balaban J connectivity index is 2.08. The predicted octanol–water partition coefficient (Wildman–Crippen LogP) is 2.12. The van der Waals surface area contributed by atoms with E-state index in [1.54, 1.807) is 6.92 Å². The van der Waals surface area contributed by atoms with Crippen LogP contribution < -0.4 is 16.2 Å². The number of fused-ring (bicyclic) bond motifs is 1. The molecule has 0 radical (unpaired) electrons. The first kappa shape index (κ1) is 23.5. The summed E-state index contributed by atoms with van der Waals surface area (Å²) in [6.45, 7) is 2.94. The molecule has 2 aromatic rings. The van der Waals surface area contributed by atoms with Gasteiger partial charge in [0.05, 0.1) is 17.5 Å². The number of alkyl halides is 5. The van der Waals surface area contributed by atoms with Gasteiger partial charge in [0.1, 0.15) is 4.90 Å². The zero-order valence-corrected chi connectivity index (χ0v) is 17.4. The molecule has 1 aliphatic rings. The van der Waals surface area contributed by atoms with Gasteiger partial charge in [-0.1, -0.05) is 12.1 Å². The number of hydrogen-bond acceptors (Lipinski definition) is 8. The van der Waals surface area contributed by atoms with E-state index >= 15 is 0 Å². The molecule has 3 heterocycles. The van der Waals surface area contributed by atoms with E-state index in [2.05, 4.69) is 20.5 Å². The second-order valence-electron chi connectivity index (χ2n) is 6.95. The van der Waals surface area contributed by atoms with E-state index in [0.717, 1.165) is 12.3 Å². The molecular weight excluding hydrogens is 465 g/mol. The topological polar surface area (TPSA) is 150 Å². The lowest BCUT2D eigenvalue weighted by Gasteiger charge is -2.35. The molecule has 5 N–H and O–H groups in total. The molecule has 3 rings (SSSR count). The van der Waals surface area contributed by atoms with Crippen molar-refractivity contribution < 1.29 is 35.6 Å². The molecule has 0 bridgehead atoms. The SMILES string of the molecule is CCS(=O)(=O)c1cc(C(N)=NO)cnc1N1Nc2nc(C(F)(F)C(F)(F)F)[nH]c2CC1C. The van der Waals surface area contributed by atoms with Crippen molar-refractivity contribution in [3.63, 3.8) is 0 Å². The number of anilines is 2. The number of H-pyrrole nitrogens is 1. The zero-order chi connectivity index (χ0) is 24.1. The van der Waals surface area contributed by atoms with Crippen LogP contribution in [0, 0.1) is 0 Å². The number of sulfone groups is 1. The molecule has 0 saturated carbocycles. The minimum absolute atomic E-state index is 0.000464. The molecular formula is C16H18F5N7O3S. The van der Waals surface area contributed by atoms with Crippen LogP contribution in [0.1, 0.15) is 30.9 Å². The number of amidine groups is 1. The van der Waals surface area contributed by atoms with Crippen molar-refractivity contribution in [1.82, 2.24) is 15.0 Å². The Hall–Kier alpha value is -3.17.